The van der Waals surface area contributed by atoms with Crippen LogP contribution in [0.25, 0.3) is 0 Å². The van der Waals surface area contributed by atoms with Crippen molar-refractivity contribution in [1.29, 1.82) is 0 Å². The highest BCUT2D eigenvalue weighted by Crippen LogP contribution is 2.27. The first-order chi connectivity index (χ1) is 6.50. The Labute approximate surface area is 104 Å². The standard InChI is InChI=1S/C9H9BrFIN2/c1-14(2)5-13-9-4-7(11)6(10)3-8(9)12/h3-5H,1-2H3. The number of hydrogen-bond acceptors (Lipinski definition) is 1. The topological polar surface area (TPSA) is 15.6 Å². The van der Waals surface area contributed by atoms with Crippen LogP contribution in [0.3, 0.4) is 0 Å². The third-order valence-corrected chi connectivity index (χ3v) is 2.89. The molecule has 0 spiro atoms. The van der Waals surface area contributed by atoms with Crippen molar-refractivity contribution in [2.45, 2.75) is 0 Å². The van der Waals surface area contributed by atoms with E-state index in [1.807, 2.05) is 14.1 Å². The molecule has 0 N–H and O–H groups in total. The number of rotatable bonds is 2. The van der Waals surface area contributed by atoms with E-state index in [-0.39, 0.29) is 5.82 Å². The van der Waals surface area contributed by atoms with Crippen LogP contribution >= 0.6 is 38.5 Å². The molecule has 0 aromatic heterocycles. The van der Waals surface area contributed by atoms with Gasteiger partial charge in [-0.3, -0.25) is 0 Å². The van der Waals surface area contributed by atoms with Gasteiger partial charge in [0.05, 0.1) is 16.5 Å². The Morgan fingerprint density at radius 1 is 1.50 bits per heavy atom. The number of halogens is 3. The largest absolute Gasteiger partial charge is 0.369 e. The fourth-order valence-electron chi connectivity index (χ4n) is 0.789. The highest BCUT2D eigenvalue weighted by molar-refractivity contribution is 14.1. The monoisotopic (exact) mass is 370 g/mol. The fraction of sp³-hybridized carbons (Fsp3) is 0.222. The molecule has 0 fully saturated rings. The molecule has 0 aliphatic heterocycles. The minimum absolute atomic E-state index is 0.295. The van der Waals surface area contributed by atoms with Crippen molar-refractivity contribution in [3.63, 3.8) is 0 Å². The SMILES string of the molecule is CN(C)C=Nc1cc(F)c(Br)cc1I. The van der Waals surface area contributed by atoms with Gasteiger partial charge in [0.25, 0.3) is 0 Å². The van der Waals surface area contributed by atoms with E-state index < -0.39 is 0 Å². The summed E-state index contributed by atoms with van der Waals surface area (Å²) >= 11 is 5.24. The van der Waals surface area contributed by atoms with Crippen LogP contribution in [0, 0.1) is 9.39 Å². The lowest BCUT2D eigenvalue weighted by Crippen LogP contribution is -2.07. The average molecular weight is 371 g/mol. The maximum atomic E-state index is 13.1. The van der Waals surface area contributed by atoms with E-state index in [4.69, 9.17) is 0 Å². The van der Waals surface area contributed by atoms with Crippen molar-refractivity contribution in [2.24, 2.45) is 4.99 Å². The summed E-state index contributed by atoms with van der Waals surface area (Å²) in [7, 11) is 3.73. The van der Waals surface area contributed by atoms with E-state index in [0.717, 1.165) is 3.57 Å². The lowest BCUT2D eigenvalue weighted by molar-refractivity contribution is 0.620. The molecule has 1 aromatic rings. The molecule has 0 heterocycles. The van der Waals surface area contributed by atoms with Gasteiger partial charge in [-0.15, -0.1) is 0 Å². The van der Waals surface area contributed by atoms with Gasteiger partial charge in [-0.2, -0.15) is 0 Å². The van der Waals surface area contributed by atoms with Crippen LogP contribution < -0.4 is 0 Å². The molecule has 0 saturated heterocycles. The fourth-order valence-corrected chi connectivity index (χ4v) is 2.17. The first kappa shape index (κ1) is 11.9. The van der Waals surface area contributed by atoms with E-state index in [0.29, 0.717) is 10.2 Å². The number of benzene rings is 1. The van der Waals surface area contributed by atoms with Gasteiger partial charge in [0.15, 0.2) is 0 Å². The molecule has 0 atom stereocenters. The summed E-state index contributed by atoms with van der Waals surface area (Å²) in [6.45, 7) is 0. The molecule has 1 aromatic carbocycles. The predicted molar refractivity (Wildman–Crippen MR) is 68.7 cm³/mol. The van der Waals surface area contributed by atoms with Gasteiger partial charge in [0.2, 0.25) is 0 Å². The summed E-state index contributed by atoms with van der Waals surface area (Å²) in [6, 6.07) is 3.12. The zero-order chi connectivity index (χ0) is 10.7. The summed E-state index contributed by atoms with van der Waals surface area (Å²) in [5.74, 6) is -0.295. The van der Waals surface area contributed by atoms with E-state index in [1.165, 1.54) is 6.07 Å². The van der Waals surface area contributed by atoms with Crippen LogP contribution in [-0.4, -0.2) is 25.3 Å². The summed E-state index contributed by atoms with van der Waals surface area (Å²) in [6.07, 6.45) is 1.64. The molecular formula is C9H9BrFIN2. The minimum atomic E-state index is -0.295. The van der Waals surface area contributed by atoms with Gasteiger partial charge >= 0.3 is 0 Å². The minimum Gasteiger partial charge on any atom is -0.369 e. The summed E-state index contributed by atoms with van der Waals surface area (Å²) in [5.41, 5.74) is 0.639. The van der Waals surface area contributed by atoms with Gasteiger partial charge in [0.1, 0.15) is 5.82 Å². The van der Waals surface area contributed by atoms with Crippen LogP contribution in [0.2, 0.25) is 0 Å². The summed E-state index contributed by atoms with van der Waals surface area (Å²) < 4.78 is 14.5. The van der Waals surface area contributed by atoms with Crippen molar-refractivity contribution in [3.8, 4) is 0 Å². The second kappa shape index (κ2) is 5.06. The highest BCUT2D eigenvalue weighted by Gasteiger charge is 2.04. The zero-order valence-electron chi connectivity index (χ0n) is 7.76. The Bertz CT molecular complexity index is 366. The van der Waals surface area contributed by atoms with E-state index >= 15 is 0 Å². The molecule has 0 aliphatic rings. The van der Waals surface area contributed by atoms with Crippen LogP contribution in [0.15, 0.2) is 21.6 Å². The number of nitrogens with zero attached hydrogens (tertiary/aromatic N) is 2. The molecule has 1 rings (SSSR count). The van der Waals surface area contributed by atoms with Gasteiger partial charge in [-0.25, -0.2) is 9.38 Å². The molecule has 0 aliphatic carbocycles. The maximum absolute atomic E-state index is 13.1. The molecule has 0 radical (unpaired) electrons. The highest BCUT2D eigenvalue weighted by atomic mass is 127. The molecule has 0 amide bonds. The van der Waals surface area contributed by atoms with Crippen molar-refractivity contribution < 1.29 is 4.39 Å². The third-order valence-electron chi connectivity index (χ3n) is 1.42. The van der Waals surface area contributed by atoms with Crippen molar-refractivity contribution in [2.75, 3.05) is 14.1 Å². The number of hydrogen-bond donors (Lipinski definition) is 0. The quantitative estimate of drug-likeness (QED) is 0.337. The molecular weight excluding hydrogens is 362 g/mol. The van der Waals surface area contributed by atoms with Gasteiger partial charge < -0.3 is 4.90 Å². The van der Waals surface area contributed by atoms with Crippen LogP contribution in [0.1, 0.15) is 0 Å². The van der Waals surface area contributed by atoms with Gasteiger partial charge in [-0.1, -0.05) is 0 Å². The molecule has 0 saturated carbocycles. The average Bonchev–Trinajstić information content (AvgIpc) is 2.09. The molecule has 0 bridgehead atoms. The Balaban J connectivity index is 3.04. The lowest BCUT2D eigenvalue weighted by Gasteiger charge is -2.04. The Morgan fingerprint density at radius 2 is 2.14 bits per heavy atom. The van der Waals surface area contributed by atoms with Crippen LogP contribution in [0.4, 0.5) is 10.1 Å². The Hall–Kier alpha value is -0.170. The van der Waals surface area contributed by atoms with Gasteiger partial charge in [-0.05, 0) is 44.6 Å². The Morgan fingerprint density at radius 3 is 2.71 bits per heavy atom. The van der Waals surface area contributed by atoms with E-state index in [9.17, 15) is 4.39 Å². The smallest absolute Gasteiger partial charge is 0.139 e. The molecule has 0 unspecified atom stereocenters. The van der Waals surface area contributed by atoms with E-state index in [2.05, 4.69) is 43.5 Å². The molecule has 5 heteroatoms. The van der Waals surface area contributed by atoms with Crippen molar-refractivity contribution >= 4 is 50.5 Å². The molecule has 76 valence electrons. The van der Waals surface area contributed by atoms with Crippen molar-refractivity contribution in [3.05, 3.63) is 26.0 Å². The first-order valence-corrected chi connectivity index (χ1v) is 5.73. The molecule has 14 heavy (non-hydrogen) atoms. The molecule has 2 nitrogen and oxygen atoms in total. The van der Waals surface area contributed by atoms with Crippen LogP contribution in [0.5, 0.6) is 0 Å². The summed E-state index contributed by atoms with van der Waals surface area (Å²) in [5, 5.41) is 0. The predicted octanol–water partition coefficient (Wildman–Crippen LogP) is 3.41. The second-order valence-electron chi connectivity index (χ2n) is 2.93. The Kier molecular flexibility index (Phi) is 4.31. The third kappa shape index (κ3) is 3.20. The van der Waals surface area contributed by atoms with Crippen LogP contribution in [-0.2, 0) is 0 Å². The zero-order valence-corrected chi connectivity index (χ0v) is 11.5. The van der Waals surface area contributed by atoms with Crippen molar-refractivity contribution in [1.82, 2.24) is 4.90 Å². The number of aliphatic imine (C=N–C) groups is 1. The first-order valence-electron chi connectivity index (χ1n) is 3.86. The summed E-state index contributed by atoms with van der Waals surface area (Å²) in [4.78, 5) is 5.94. The second-order valence-corrected chi connectivity index (χ2v) is 4.94. The maximum Gasteiger partial charge on any atom is 0.139 e. The lowest BCUT2D eigenvalue weighted by atomic mass is 10.3. The van der Waals surface area contributed by atoms with Gasteiger partial charge in [0, 0.05) is 23.7 Å². The van der Waals surface area contributed by atoms with E-state index in [1.54, 1.807) is 17.3 Å². The normalized spacial score (nSPS) is 10.9.